The van der Waals surface area contributed by atoms with Crippen molar-refractivity contribution >= 4 is 28.8 Å². The van der Waals surface area contributed by atoms with Crippen molar-refractivity contribution in [1.82, 2.24) is 0 Å². The molecule has 5 aliphatic rings. The molecule has 1 aromatic carbocycles. The first kappa shape index (κ1) is 31.2. The van der Waals surface area contributed by atoms with E-state index in [-0.39, 0.29) is 46.0 Å². The number of anilines is 2. The molecular weight excluding hydrogens is 532 g/mol. The molecule has 0 saturated heterocycles. The van der Waals surface area contributed by atoms with E-state index in [4.69, 9.17) is 0 Å². The van der Waals surface area contributed by atoms with E-state index < -0.39 is 0 Å². The Hall–Kier alpha value is -1.06. The SMILES string of the molecule is O=C(Nc1ccc2c(c1)/C(=C/[C]1[CH][CH][CH][CH]1)C(=O)N2)[C]1[CH][CH][CH][CH]1.[CH]1[CH][CH][CH][CH]1.[CH]1[CH][CH][CH][CH]1.[Fe+2].[Fe+2]. The van der Waals surface area contributed by atoms with Crippen LogP contribution in [-0.2, 0) is 43.7 Å². The molecule has 2 amide bonds. The predicted octanol–water partition coefficient (Wildman–Crippen LogP) is 4.81. The standard InChI is InChI=1S/C20H14N2O2.2C5H5.2Fe/c23-19(14-7-3-4-8-14)21-15-9-10-18-16(12-15)17(20(24)22-18)11-13-5-1-2-6-13;2*1-2-4-5-3-1;;/h1-12H,(H,21,23)(H,22,24);2*1-5H;;/q;;;2*+2/b17-11-;;;;. The number of amides is 2. The minimum Gasteiger partial charge on any atom is -0.326 e. The summed E-state index contributed by atoms with van der Waals surface area (Å²) in [5, 5.41) is 5.71. The molecule has 1 heterocycles. The molecule has 178 valence electrons. The number of hydrogen-bond acceptors (Lipinski definition) is 2. The van der Waals surface area contributed by atoms with E-state index in [2.05, 4.69) is 10.6 Å². The van der Waals surface area contributed by atoms with Crippen LogP contribution in [-0.4, -0.2) is 11.8 Å². The molecule has 0 spiro atoms. The van der Waals surface area contributed by atoms with Crippen molar-refractivity contribution in [2.24, 2.45) is 0 Å². The van der Waals surface area contributed by atoms with Crippen LogP contribution in [0.2, 0.25) is 0 Å². The van der Waals surface area contributed by atoms with Crippen LogP contribution in [0.4, 0.5) is 11.4 Å². The summed E-state index contributed by atoms with van der Waals surface area (Å²) < 4.78 is 0. The molecule has 0 aromatic heterocycles. The van der Waals surface area contributed by atoms with Gasteiger partial charge in [-0.05, 0) is 134 Å². The molecule has 1 aliphatic heterocycles. The number of benzene rings is 1. The minimum atomic E-state index is -0.168. The van der Waals surface area contributed by atoms with Gasteiger partial charge in [-0.15, -0.1) is 0 Å². The summed E-state index contributed by atoms with van der Waals surface area (Å²) >= 11 is 0. The second-order valence-corrected chi connectivity index (χ2v) is 7.54. The largest absolute Gasteiger partial charge is 2.00 e. The van der Waals surface area contributed by atoms with E-state index >= 15 is 0 Å². The zero-order valence-corrected chi connectivity index (χ0v) is 21.4. The van der Waals surface area contributed by atoms with E-state index in [1.165, 1.54) is 0 Å². The van der Waals surface area contributed by atoms with Crippen LogP contribution in [0.5, 0.6) is 0 Å². The van der Waals surface area contributed by atoms with Crippen LogP contribution in [0.25, 0.3) is 5.57 Å². The van der Waals surface area contributed by atoms with Gasteiger partial charge in [0.2, 0.25) is 5.91 Å². The van der Waals surface area contributed by atoms with Crippen LogP contribution in [0.3, 0.4) is 0 Å². The summed E-state index contributed by atoms with van der Waals surface area (Å²) in [7, 11) is 0. The van der Waals surface area contributed by atoms with E-state index in [0.29, 0.717) is 17.2 Å². The van der Waals surface area contributed by atoms with Crippen molar-refractivity contribution in [3.63, 3.8) is 0 Å². The molecule has 2 N–H and O–H groups in total. The Morgan fingerprint density at radius 3 is 1.72 bits per heavy atom. The first-order chi connectivity index (χ1) is 16.7. The molecule has 0 bridgehead atoms. The molecule has 4 nitrogen and oxygen atoms in total. The van der Waals surface area contributed by atoms with Gasteiger partial charge in [0, 0.05) is 28.4 Å². The van der Waals surface area contributed by atoms with Crippen LogP contribution in [0.1, 0.15) is 5.56 Å². The van der Waals surface area contributed by atoms with Crippen LogP contribution in [0.15, 0.2) is 24.3 Å². The van der Waals surface area contributed by atoms with Crippen molar-refractivity contribution in [1.29, 1.82) is 0 Å². The van der Waals surface area contributed by atoms with Gasteiger partial charge >= 0.3 is 34.1 Å². The molecule has 20 radical (unpaired) electrons. The van der Waals surface area contributed by atoms with Crippen LogP contribution >= 0.6 is 0 Å². The molecular formula is C30H24Fe2N2O2+4. The number of carbonyl (C=O) groups is 2. The smallest absolute Gasteiger partial charge is 0.326 e. The third kappa shape index (κ3) is 9.35. The Morgan fingerprint density at radius 1 is 0.694 bits per heavy atom. The zero-order chi connectivity index (χ0) is 23.6. The second kappa shape index (κ2) is 16.7. The van der Waals surface area contributed by atoms with Crippen molar-refractivity contribution < 1.29 is 43.7 Å². The van der Waals surface area contributed by atoms with Gasteiger partial charge in [0.05, 0.1) is 5.92 Å². The minimum absolute atomic E-state index is 0. The average Bonchev–Trinajstić information content (AvgIpc) is 3.69. The Labute approximate surface area is 239 Å². The molecule has 4 saturated carbocycles. The second-order valence-electron chi connectivity index (χ2n) is 7.54. The fraction of sp³-hybridized carbons (Fsp3) is 0. The fourth-order valence-electron chi connectivity index (χ4n) is 3.43. The van der Waals surface area contributed by atoms with Gasteiger partial charge in [-0.2, -0.15) is 0 Å². The number of hydrogen-bond donors (Lipinski definition) is 2. The Bertz CT molecular complexity index is 825. The van der Waals surface area contributed by atoms with E-state index in [1.807, 2.05) is 115 Å². The van der Waals surface area contributed by atoms with Gasteiger partial charge in [0.15, 0.2) is 0 Å². The molecule has 0 atom stereocenters. The Balaban J connectivity index is 0.000000317. The van der Waals surface area contributed by atoms with E-state index in [9.17, 15) is 9.59 Å². The van der Waals surface area contributed by atoms with Crippen LogP contribution in [0, 0.1) is 127 Å². The maximum Gasteiger partial charge on any atom is 2.00 e. The number of rotatable bonds is 3. The molecule has 4 aliphatic carbocycles. The summed E-state index contributed by atoms with van der Waals surface area (Å²) in [6.07, 6.45) is 36.8. The molecule has 1 aromatic rings. The first-order valence-electron chi connectivity index (χ1n) is 11.0. The topological polar surface area (TPSA) is 58.2 Å². The summed E-state index contributed by atoms with van der Waals surface area (Å²) in [5.74, 6) is 1.28. The van der Waals surface area contributed by atoms with Gasteiger partial charge in [-0.25, -0.2) is 0 Å². The maximum absolute atomic E-state index is 12.2. The predicted molar refractivity (Wildman–Crippen MR) is 136 cm³/mol. The summed E-state index contributed by atoms with van der Waals surface area (Å²) in [6, 6.07) is 5.41. The van der Waals surface area contributed by atoms with Gasteiger partial charge in [-0.3, -0.25) is 9.59 Å². The number of fused-ring (bicyclic) bond motifs is 1. The van der Waals surface area contributed by atoms with Crippen molar-refractivity contribution in [3.05, 3.63) is 157 Å². The quantitative estimate of drug-likeness (QED) is 0.415. The Morgan fingerprint density at radius 2 is 1.19 bits per heavy atom. The van der Waals surface area contributed by atoms with Crippen molar-refractivity contribution in [2.45, 2.75) is 0 Å². The normalized spacial score (nSPS) is 21.9. The van der Waals surface area contributed by atoms with Crippen molar-refractivity contribution in [3.8, 4) is 0 Å². The maximum atomic E-state index is 12.2. The number of nitrogens with one attached hydrogen (secondary N) is 2. The summed E-state index contributed by atoms with van der Waals surface area (Å²) in [5.41, 5.74) is 2.80. The molecule has 6 rings (SSSR count). The first-order valence-corrected chi connectivity index (χ1v) is 11.0. The van der Waals surface area contributed by atoms with Gasteiger partial charge in [0.25, 0.3) is 5.91 Å². The van der Waals surface area contributed by atoms with E-state index in [1.54, 1.807) is 25.0 Å². The number of allylic oxidation sites excluding steroid dienone is 1. The summed E-state index contributed by atoms with van der Waals surface area (Å²) in [4.78, 5) is 24.4. The fourth-order valence-corrected chi connectivity index (χ4v) is 3.43. The van der Waals surface area contributed by atoms with Crippen LogP contribution < -0.4 is 10.6 Å². The van der Waals surface area contributed by atoms with Crippen molar-refractivity contribution in [2.75, 3.05) is 10.6 Å². The summed E-state index contributed by atoms with van der Waals surface area (Å²) in [6.45, 7) is 0. The molecule has 0 unspecified atom stereocenters. The number of carbonyl (C=O) groups excluding carboxylic acids is 2. The molecule has 6 heteroatoms. The van der Waals surface area contributed by atoms with Gasteiger partial charge < -0.3 is 10.6 Å². The van der Waals surface area contributed by atoms with Gasteiger partial charge in [0.1, 0.15) is 0 Å². The van der Waals surface area contributed by atoms with E-state index in [0.717, 1.165) is 17.2 Å². The average molecular weight is 556 g/mol. The third-order valence-electron chi connectivity index (χ3n) is 5.10. The third-order valence-corrected chi connectivity index (χ3v) is 5.10. The zero-order valence-electron chi connectivity index (χ0n) is 19.2. The molecule has 36 heavy (non-hydrogen) atoms. The molecule has 4 fully saturated rings. The Kier molecular flexibility index (Phi) is 14.5. The van der Waals surface area contributed by atoms with Gasteiger partial charge in [-0.1, -0.05) is 6.08 Å². The monoisotopic (exact) mass is 556 g/mol.